The van der Waals surface area contributed by atoms with E-state index in [9.17, 15) is 4.79 Å². The van der Waals surface area contributed by atoms with Crippen molar-refractivity contribution >= 4 is 10.9 Å². The standard InChI is InChI=1S/C29H37N3O/c1-21-10-12-22(13-11-21)19-30-20-26-17-25-16-23-6-5-7-24(23)18-28(25)32(29(26)33)15-14-31-27-8-3-2-4-9-27/h10-13,16-18,27,30-31H,2-9,14-15,19-20H2,1H3. The Kier molecular flexibility index (Phi) is 6.93. The number of benzene rings is 2. The van der Waals surface area contributed by atoms with Gasteiger partial charge >= 0.3 is 0 Å². The molecular formula is C29H37N3O. The molecule has 1 heterocycles. The summed E-state index contributed by atoms with van der Waals surface area (Å²) in [6.45, 7) is 5.06. The highest BCUT2D eigenvalue weighted by Crippen LogP contribution is 2.27. The molecule has 0 amide bonds. The quantitative estimate of drug-likeness (QED) is 0.514. The van der Waals surface area contributed by atoms with Crippen LogP contribution in [0.15, 0.2) is 47.3 Å². The van der Waals surface area contributed by atoms with Gasteiger partial charge in [0.2, 0.25) is 0 Å². The number of fused-ring (bicyclic) bond motifs is 2. The van der Waals surface area contributed by atoms with Crippen LogP contribution in [0.5, 0.6) is 0 Å². The van der Waals surface area contributed by atoms with Gasteiger partial charge in [-0.2, -0.15) is 0 Å². The minimum Gasteiger partial charge on any atom is -0.312 e. The number of pyridine rings is 1. The third-order valence-electron chi connectivity index (χ3n) is 7.52. The van der Waals surface area contributed by atoms with Crippen LogP contribution in [0.4, 0.5) is 0 Å². The lowest BCUT2D eigenvalue weighted by Crippen LogP contribution is -2.36. The van der Waals surface area contributed by atoms with Crippen LogP contribution in [0.2, 0.25) is 0 Å². The molecule has 0 saturated heterocycles. The number of nitrogens with one attached hydrogen (secondary N) is 2. The molecule has 0 aliphatic heterocycles. The highest BCUT2D eigenvalue weighted by molar-refractivity contribution is 5.82. The lowest BCUT2D eigenvalue weighted by Gasteiger charge is -2.23. The molecule has 3 aromatic rings. The van der Waals surface area contributed by atoms with E-state index >= 15 is 0 Å². The molecule has 2 aliphatic carbocycles. The van der Waals surface area contributed by atoms with Gasteiger partial charge in [0.1, 0.15) is 0 Å². The van der Waals surface area contributed by atoms with Crippen LogP contribution >= 0.6 is 0 Å². The van der Waals surface area contributed by atoms with Gasteiger partial charge in [0.25, 0.3) is 5.56 Å². The van der Waals surface area contributed by atoms with Gasteiger partial charge in [-0.15, -0.1) is 0 Å². The summed E-state index contributed by atoms with van der Waals surface area (Å²) in [4.78, 5) is 13.5. The zero-order valence-electron chi connectivity index (χ0n) is 20.0. The Balaban J connectivity index is 1.37. The van der Waals surface area contributed by atoms with Gasteiger partial charge in [-0.05, 0) is 79.3 Å². The van der Waals surface area contributed by atoms with Gasteiger partial charge in [-0.1, -0.05) is 49.1 Å². The van der Waals surface area contributed by atoms with Crippen molar-refractivity contribution in [1.29, 1.82) is 0 Å². The van der Waals surface area contributed by atoms with E-state index in [-0.39, 0.29) is 5.56 Å². The van der Waals surface area contributed by atoms with Crippen molar-refractivity contribution in [2.45, 2.75) is 84.0 Å². The van der Waals surface area contributed by atoms with Crippen molar-refractivity contribution in [1.82, 2.24) is 15.2 Å². The summed E-state index contributed by atoms with van der Waals surface area (Å²) in [7, 11) is 0. The number of rotatable bonds is 8. The van der Waals surface area contributed by atoms with E-state index in [0.717, 1.165) is 43.6 Å². The van der Waals surface area contributed by atoms with E-state index in [4.69, 9.17) is 0 Å². The maximum Gasteiger partial charge on any atom is 0.255 e. The largest absolute Gasteiger partial charge is 0.312 e. The second kappa shape index (κ2) is 10.2. The second-order valence-corrected chi connectivity index (χ2v) is 10.0. The Labute approximate surface area is 197 Å². The van der Waals surface area contributed by atoms with Crippen molar-refractivity contribution in [2.75, 3.05) is 6.54 Å². The first-order chi connectivity index (χ1) is 16.2. The van der Waals surface area contributed by atoms with Gasteiger partial charge in [-0.3, -0.25) is 4.79 Å². The Morgan fingerprint density at radius 1 is 0.909 bits per heavy atom. The second-order valence-electron chi connectivity index (χ2n) is 10.0. The van der Waals surface area contributed by atoms with Gasteiger partial charge < -0.3 is 15.2 Å². The van der Waals surface area contributed by atoms with E-state index in [1.165, 1.54) is 66.2 Å². The smallest absolute Gasteiger partial charge is 0.255 e. The molecule has 1 aromatic heterocycles. The first kappa shape index (κ1) is 22.4. The predicted molar refractivity (Wildman–Crippen MR) is 137 cm³/mol. The predicted octanol–water partition coefficient (Wildman–Crippen LogP) is 5.01. The average Bonchev–Trinajstić information content (AvgIpc) is 3.29. The molecule has 174 valence electrons. The van der Waals surface area contributed by atoms with E-state index in [0.29, 0.717) is 12.6 Å². The Morgan fingerprint density at radius 2 is 1.67 bits per heavy atom. The van der Waals surface area contributed by atoms with Crippen molar-refractivity contribution in [3.8, 4) is 0 Å². The van der Waals surface area contributed by atoms with Crippen LogP contribution in [0.3, 0.4) is 0 Å². The number of hydrogen-bond acceptors (Lipinski definition) is 3. The molecule has 0 unspecified atom stereocenters. The molecule has 0 bridgehead atoms. The van der Waals surface area contributed by atoms with Crippen LogP contribution in [0.25, 0.3) is 10.9 Å². The topological polar surface area (TPSA) is 46.1 Å². The summed E-state index contributed by atoms with van der Waals surface area (Å²) >= 11 is 0. The number of aryl methyl sites for hydroxylation is 3. The van der Waals surface area contributed by atoms with Gasteiger partial charge in [0.05, 0.1) is 5.52 Å². The maximum atomic E-state index is 13.5. The highest BCUT2D eigenvalue weighted by Gasteiger charge is 2.17. The SMILES string of the molecule is Cc1ccc(CNCc2cc3cc4c(cc3n(CCNC3CCCCC3)c2=O)CCC4)cc1. The average molecular weight is 444 g/mol. The van der Waals surface area contributed by atoms with Crippen LogP contribution in [-0.2, 0) is 32.5 Å². The van der Waals surface area contributed by atoms with E-state index < -0.39 is 0 Å². The van der Waals surface area contributed by atoms with Gasteiger partial charge in [0, 0.05) is 37.8 Å². The highest BCUT2D eigenvalue weighted by atomic mass is 16.1. The third-order valence-corrected chi connectivity index (χ3v) is 7.52. The molecule has 1 saturated carbocycles. The fraction of sp³-hybridized carbons (Fsp3) is 0.483. The zero-order chi connectivity index (χ0) is 22.6. The summed E-state index contributed by atoms with van der Waals surface area (Å²) in [5.74, 6) is 0. The molecule has 0 radical (unpaired) electrons. The summed E-state index contributed by atoms with van der Waals surface area (Å²) in [6, 6.07) is 16.0. The van der Waals surface area contributed by atoms with E-state index in [1.807, 2.05) is 4.57 Å². The van der Waals surface area contributed by atoms with Crippen molar-refractivity contribution in [3.63, 3.8) is 0 Å². The molecule has 2 aromatic carbocycles. The van der Waals surface area contributed by atoms with Crippen molar-refractivity contribution < 1.29 is 0 Å². The van der Waals surface area contributed by atoms with E-state index in [2.05, 4.69) is 60.0 Å². The molecule has 2 N–H and O–H groups in total. The molecule has 4 nitrogen and oxygen atoms in total. The summed E-state index contributed by atoms with van der Waals surface area (Å²) < 4.78 is 2.03. The number of nitrogens with zero attached hydrogens (tertiary/aromatic N) is 1. The minimum atomic E-state index is 0.155. The molecule has 33 heavy (non-hydrogen) atoms. The fourth-order valence-electron chi connectivity index (χ4n) is 5.59. The number of aromatic nitrogens is 1. The molecular weight excluding hydrogens is 406 g/mol. The molecule has 0 spiro atoms. The third kappa shape index (κ3) is 5.23. The lowest BCUT2D eigenvalue weighted by atomic mass is 9.95. The number of hydrogen-bond donors (Lipinski definition) is 2. The van der Waals surface area contributed by atoms with Crippen LogP contribution in [0.1, 0.15) is 66.3 Å². The zero-order valence-corrected chi connectivity index (χ0v) is 20.0. The Morgan fingerprint density at radius 3 is 2.45 bits per heavy atom. The molecule has 0 atom stereocenters. The van der Waals surface area contributed by atoms with Crippen LogP contribution in [0, 0.1) is 6.92 Å². The van der Waals surface area contributed by atoms with Crippen LogP contribution < -0.4 is 16.2 Å². The first-order valence-corrected chi connectivity index (χ1v) is 12.9. The molecule has 5 rings (SSSR count). The fourth-order valence-corrected chi connectivity index (χ4v) is 5.59. The van der Waals surface area contributed by atoms with Gasteiger partial charge in [-0.25, -0.2) is 0 Å². The normalized spacial score (nSPS) is 16.4. The van der Waals surface area contributed by atoms with E-state index in [1.54, 1.807) is 0 Å². The lowest BCUT2D eigenvalue weighted by molar-refractivity contribution is 0.368. The molecule has 4 heteroatoms. The monoisotopic (exact) mass is 443 g/mol. The Hall–Kier alpha value is -2.43. The molecule has 1 fully saturated rings. The summed E-state index contributed by atoms with van der Waals surface area (Å²) in [6.07, 6.45) is 10.1. The van der Waals surface area contributed by atoms with Crippen molar-refractivity contribution in [2.24, 2.45) is 0 Å². The van der Waals surface area contributed by atoms with Crippen LogP contribution in [-0.4, -0.2) is 17.2 Å². The summed E-state index contributed by atoms with van der Waals surface area (Å²) in [5, 5.41) is 8.44. The van der Waals surface area contributed by atoms with Gasteiger partial charge in [0.15, 0.2) is 0 Å². The maximum absolute atomic E-state index is 13.5. The molecule has 2 aliphatic rings. The Bertz CT molecular complexity index is 1160. The van der Waals surface area contributed by atoms with Crippen molar-refractivity contribution in [3.05, 3.63) is 80.6 Å². The first-order valence-electron chi connectivity index (χ1n) is 12.9. The minimum absolute atomic E-state index is 0.155. The summed E-state index contributed by atoms with van der Waals surface area (Å²) in [5.41, 5.74) is 7.54.